The average Bonchev–Trinajstić information content (AvgIpc) is 2.36. The van der Waals surface area contributed by atoms with Crippen molar-refractivity contribution in [3.63, 3.8) is 0 Å². The molecule has 0 unspecified atom stereocenters. The summed E-state index contributed by atoms with van der Waals surface area (Å²) < 4.78 is 0.684. The molecule has 0 aromatic carbocycles. The quantitative estimate of drug-likeness (QED) is 0.816. The lowest BCUT2D eigenvalue weighted by Crippen LogP contribution is -2.28. The van der Waals surface area contributed by atoms with Gasteiger partial charge in [-0.1, -0.05) is 27.2 Å². The fraction of sp³-hybridized carbons (Fsp3) is 0.714. The summed E-state index contributed by atoms with van der Waals surface area (Å²) in [5.41, 5.74) is 2.68. The van der Waals surface area contributed by atoms with Gasteiger partial charge in [-0.2, -0.15) is 0 Å². The highest BCUT2D eigenvalue weighted by atomic mass is 79.9. The molecule has 5 heteroatoms. The number of hydrogen-bond donors (Lipinski definition) is 2. The Bertz CT molecular complexity index is 445. The maximum absolute atomic E-state index is 4.50. The van der Waals surface area contributed by atoms with Gasteiger partial charge in [-0.25, -0.2) is 9.97 Å². The molecule has 2 N–H and O–H groups in total. The smallest absolute Gasteiger partial charge is 0.198 e. The summed E-state index contributed by atoms with van der Waals surface area (Å²) in [7, 11) is 0. The number of nitrogens with one attached hydrogen (secondary N) is 2. The molecule has 1 aliphatic heterocycles. The molecule has 0 spiro atoms. The Kier molecular flexibility index (Phi) is 4.79. The fourth-order valence-electron chi connectivity index (χ4n) is 2.55. The zero-order chi connectivity index (χ0) is 13.9. The van der Waals surface area contributed by atoms with Crippen molar-refractivity contribution >= 4 is 21.7 Å². The van der Waals surface area contributed by atoms with Crippen LogP contribution < -0.4 is 10.6 Å². The Hall–Kier alpha value is -0.680. The van der Waals surface area contributed by atoms with Crippen LogP contribution in [0.5, 0.6) is 0 Å². The zero-order valence-electron chi connectivity index (χ0n) is 12.0. The van der Waals surface area contributed by atoms with Gasteiger partial charge < -0.3 is 10.6 Å². The lowest BCUT2D eigenvalue weighted by atomic mass is 9.88. The molecule has 1 aromatic heterocycles. The van der Waals surface area contributed by atoms with E-state index in [1.54, 1.807) is 0 Å². The van der Waals surface area contributed by atoms with Crippen LogP contribution in [-0.4, -0.2) is 23.1 Å². The van der Waals surface area contributed by atoms with Crippen molar-refractivity contribution in [2.75, 3.05) is 18.4 Å². The van der Waals surface area contributed by atoms with E-state index >= 15 is 0 Å². The number of fused-ring (bicyclic) bond motifs is 1. The number of aromatic nitrogens is 2. The summed E-state index contributed by atoms with van der Waals surface area (Å²) in [6, 6.07) is 0. The normalized spacial score (nSPS) is 15.2. The van der Waals surface area contributed by atoms with E-state index in [1.165, 1.54) is 18.4 Å². The van der Waals surface area contributed by atoms with E-state index in [4.69, 9.17) is 0 Å². The van der Waals surface area contributed by atoms with E-state index in [2.05, 4.69) is 57.3 Å². The van der Waals surface area contributed by atoms with E-state index in [1.807, 2.05) is 0 Å². The molecule has 4 nitrogen and oxygen atoms in total. The SMILES string of the molecule is CCCC(C)(C)CNc1nc(Br)nc2c1CNCC2. The highest BCUT2D eigenvalue weighted by Gasteiger charge is 2.20. The summed E-state index contributed by atoms with van der Waals surface area (Å²) in [6.07, 6.45) is 3.40. The van der Waals surface area contributed by atoms with Crippen molar-refractivity contribution in [1.29, 1.82) is 0 Å². The molecular weight excluding hydrogens is 304 g/mol. The highest BCUT2D eigenvalue weighted by molar-refractivity contribution is 9.10. The summed E-state index contributed by atoms with van der Waals surface area (Å²) >= 11 is 3.41. The van der Waals surface area contributed by atoms with E-state index in [9.17, 15) is 0 Å². The first kappa shape index (κ1) is 14.7. The van der Waals surface area contributed by atoms with Crippen LogP contribution in [0.15, 0.2) is 4.73 Å². The molecule has 0 atom stereocenters. The Morgan fingerprint density at radius 1 is 1.37 bits per heavy atom. The van der Waals surface area contributed by atoms with Gasteiger partial charge in [0.25, 0.3) is 0 Å². The van der Waals surface area contributed by atoms with Crippen LogP contribution in [0.25, 0.3) is 0 Å². The first-order valence-electron chi connectivity index (χ1n) is 7.02. The predicted octanol–water partition coefficient (Wildman–Crippen LogP) is 3.12. The number of anilines is 1. The Balaban J connectivity index is 2.14. The molecule has 1 aromatic rings. The Morgan fingerprint density at radius 3 is 2.89 bits per heavy atom. The van der Waals surface area contributed by atoms with Gasteiger partial charge in [0.1, 0.15) is 5.82 Å². The zero-order valence-corrected chi connectivity index (χ0v) is 13.6. The lowest BCUT2D eigenvalue weighted by molar-refractivity contribution is 0.354. The molecule has 0 aliphatic carbocycles. The maximum Gasteiger partial charge on any atom is 0.198 e. The van der Waals surface area contributed by atoms with Crippen LogP contribution >= 0.6 is 15.9 Å². The average molecular weight is 327 g/mol. The van der Waals surface area contributed by atoms with Gasteiger partial charge in [0.2, 0.25) is 0 Å². The molecule has 0 radical (unpaired) electrons. The third kappa shape index (κ3) is 3.89. The summed E-state index contributed by atoms with van der Waals surface area (Å²) in [5, 5.41) is 6.91. The molecule has 2 rings (SSSR count). The van der Waals surface area contributed by atoms with Gasteiger partial charge in [0.05, 0.1) is 5.69 Å². The summed E-state index contributed by atoms with van der Waals surface area (Å²) in [6.45, 7) is 9.62. The minimum Gasteiger partial charge on any atom is -0.369 e. The van der Waals surface area contributed by atoms with Crippen LogP contribution in [-0.2, 0) is 13.0 Å². The van der Waals surface area contributed by atoms with E-state index in [0.29, 0.717) is 10.1 Å². The highest BCUT2D eigenvalue weighted by Crippen LogP contribution is 2.26. The summed E-state index contributed by atoms with van der Waals surface area (Å²) in [5.74, 6) is 0.980. The third-order valence-electron chi connectivity index (χ3n) is 3.57. The van der Waals surface area contributed by atoms with Crippen molar-refractivity contribution < 1.29 is 0 Å². The number of halogens is 1. The van der Waals surface area contributed by atoms with Gasteiger partial charge >= 0.3 is 0 Å². The van der Waals surface area contributed by atoms with Gasteiger partial charge in [-0.3, -0.25) is 0 Å². The van der Waals surface area contributed by atoms with Crippen LogP contribution in [0.3, 0.4) is 0 Å². The number of nitrogens with zero attached hydrogens (tertiary/aromatic N) is 2. The van der Waals surface area contributed by atoms with E-state index < -0.39 is 0 Å². The van der Waals surface area contributed by atoms with Crippen molar-refractivity contribution in [3.8, 4) is 0 Å². The van der Waals surface area contributed by atoms with Crippen LogP contribution in [0.1, 0.15) is 44.9 Å². The standard InChI is InChI=1S/C14H23BrN4/c1-4-6-14(2,3)9-17-12-10-8-16-7-5-11(10)18-13(15)19-12/h16H,4-9H2,1-3H3,(H,17,18,19). The third-order valence-corrected chi connectivity index (χ3v) is 3.92. The molecule has 106 valence electrons. The predicted molar refractivity (Wildman–Crippen MR) is 82.3 cm³/mol. The first-order chi connectivity index (χ1) is 9.02. The molecule has 0 amide bonds. The molecule has 0 fully saturated rings. The second-order valence-electron chi connectivity index (χ2n) is 5.96. The van der Waals surface area contributed by atoms with Crippen LogP contribution in [0, 0.1) is 5.41 Å². The van der Waals surface area contributed by atoms with Crippen molar-refractivity contribution in [2.24, 2.45) is 5.41 Å². The molecule has 2 heterocycles. The van der Waals surface area contributed by atoms with Gasteiger partial charge in [-0.15, -0.1) is 0 Å². The second kappa shape index (κ2) is 6.18. The van der Waals surface area contributed by atoms with E-state index in [0.717, 1.165) is 37.6 Å². The van der Waals surface area contributed by atoms with Crippen LogP contribution in [0.4, 0.5) is 5.82 Å². The van der Waals surface area contributed by atoms with E-state index in [-0.39, 0.29) is 0 Å². The van der Waals surface area contributed by atoms with Gasteiger partial charge in [0, 0.05) is 31.6 Å². The molecule has 1 aliphatic rings. The molecular formula is C14H23BrN4. The largest absolute Gasteiger partial charge is 0.369 e. The topological polar surface area (TPSA) is 49.8 Å². The first-order valence-corrected chi connectivity index (χ1v) is 7.81. The number of hydrogen-bond acceptors (Lipinski definition) is 4. The summed E-state index contributed by atoms with van der Waals surface area (Å²) in [4.78, 5) is 8.98. The molecule has 0 saturated carbocycles. The van der Waals surface area contributed by atoms with Crippen molar-refractivity contribution in [1.82, 2.24) is 15.3 Å². The second-order valence-corrected chi connectivity index (χ2v) is 6.67. The van der Waals surface area contributed by atoms with Gasteiger partial charge in [-0.05, 0) is 27.8 Å². The van der Waals surface area contributed by atoms with Crippen LogP contribution in [0.2, 0.25) is 0 Å². The Labute approximate surface area is 123 Å². The molecule has 19 heavy (non-hydrogen) atoms. The fourth-order valence-corrected chi connectivity index (χ4v) is 2.94. The Morgan fingerprint density at radius 2 is 2.16 bits per heavy atom. The van der Waals surface area contributed by atoms with Gasteiger partial charge in [0.15, 0.2) is 4.73 Å². The lowest BCUT2D eigenvalue weighted by Gasteiger charge is -2.26. The molecule has 0 bridgehead atoms. The number of rotatable bonds is 5. The monoisotopic (exact) mass is 326 g/mol. The minimum atomic E-state index is 0.293. The maximum atomic E-state index is 4.50. The molecule has 0 saturated heterocycles. The van der Waals surface area contributed by atoms with Crippen molar-refractivity contribution in [3.05, 3.63) is 16.0 Å². The van der Waals surface area contributed by atoms with Crippen molar-refractivity contribution in [2.45, 2.75) is 46.6 Å². The minimum absolute atomic E-state index is 0.293.